The van der Waals surface area contributed by atoms with E-state index < -0.39 is 65.7 Å². The summed E-state index contributed by atoms with van der Waals surface area (Å²) in [5.41, 5.74) is 4.41. The number of carbonyl (C=O) groups is 11. The standard InChI is InChI=1S/C19H19NO4.C16H12O4.C15H11NO4.C12H10O6.C10H8O4.C7H8OS.C3H8/c1-2-3-8-20-9-6-14(7-10-20)4-5-15-11-16(18(21)22)13-17(12-15)19(23)24;17-15(18)13-8-12(9-14(10-13)16(19)20)7-6-11-4-2-1-3-5-11;17-14(18)12-7-11(8-13(9-12)15(19)20)2-1-10-3-5-16-6-4-10;1-18-10(13)3-2-7-4-8(11(14)15)6-9(5-7)12(16)17;1-2-6-3-7(9(11)12)5-8(4-6)10(13)14;1-8-6-4-2-3-5-7(6)9;1-3-2/h4-7,9-13H,2-3,8H2,1H3,(H-,21,22,23,24);1-10H,(H,17,18)(H,19,20);1-9H,(H,17,18)(H,19,20);2-6H,1H3,(H,14,15)(H,16,17);2-5H,1H2,(H,11,12)(H,13,14);2-5,9H,1H3;3H2,1-2H3/p+1. The lowest BCUT2D eigenvalue weighted by atomic mass is 10.0. The number of esters is 1. The molecule has 0 radical (unpaired) electrons. The molecule has 0 aliphatic rings. The van der Waals surface area contributed by atoms with E-state index in [0.717, 1.165) is 83.1 Å². The molecule has 0 aliphatic heterocycles. The summed E-state index contributed by atoms with van der Waals surface area (Å²) in [5, 5.41) is 89.1. The summed E-state index contributed by atoms with van der Waals surface area (Å²) in [5.74, 6) is -11.5. The molecule has 0 spiro atoms. The van der Waals surface area contributed by atoms with Crippen molar-refractivity contribution in [1.82, 2.24) is 4.98 Å². The molecular weight excluding hydrogens is 1410 g/mol. The lowest BCUT2D eigenvalue weighted by Gasteiger charge is -2.02. The van der Waals surface area contributed by atoms with Crippen molar-refractivity contribution < 1.29 is 118 Å². The number of nitrogens with zero attached hydrogens (tertiary/aromatic N) is 2. The zero-order chi connectivity index (χ0) is 80.4. The number of thiol groups is 1. The van der Waals surface area contributed by atoms with Gasteiger partial charge in [-0.3, -0.25) is 4.98 Å². The van der Waals surface area contributed by atoms with Crippen molar-refractivity contribution >= 4 is 127 Å². The van der Waals surface area contributed by atoms with Crippen LogP contribution in [0.5, 0.6) is 5.75 Å². The first-order valence-electron chi connectivity index (χ1n) is 32.1. The molecule has 25 nitrogen and oxygen atoms in total. The Labute approximate surface area is 625 Å². The van der Waals surface area contributed by atoms with Crippen LogP contribution in [0.2, 0.25) is 0 Å². The summed E-state index contributed by atoms with van der Waals surface area (Å²) in [7, 11) is 2.83. The smallest absolute Gasteiger partial charge is 0.335 e. The van der Waals surface area contributed by atoms with E-state index in [1.54, 1.807) is 62.0 Å². The van der Waals surface area contributed by atoms with Gasteiger partial charge in [-0.25, -0.2) is 57.3 Å². The summed E-state index contributed by atoms with van der Waals surface area (Å²) < 4.78 is 11.4. The molecule has 0 unspecified atom stereocenters. The number of carboxylic acids is 10. The molecule has 10 N–H and O–H groups in total. The second-order valence-electron chi connectivity index (χ2n) is 22.1. The monoisotopic (exact) mass is 1490 g/mol. The molecule has 2 aromatic heterocycles. The normalized spacial score (nSPS) is 10.2. The number of pyridine rings is 2. The van der Waals surface area contributed by atoms with E-state index in [1.165, 1.54) is 86.3 Å². The summed E-state index contributed by atoms with van der Waals surface area (Å²) in [6.07, 6.45) is 25.0. The Hall–Kier alpha value is -14.1. The number of carbonyl (C=O) groups excluding carboxylic acids is 1. The summed E-state index contributed by atoms with van der Waals surface area (Å²) in [4.78, 5) is 125. The Morgan fingerprint density at radius 2 is 0.657 bits per heavy atom. The lowest BCUT2D eigenvalue weighted by molar-refractivity contribution is -0.697. The highest BCUT2D eigenvalue weighted by atomic mass is 32.1. The zero-order valence-electron chi connectivity index (χ0n) is 58.8. The third-order valence-electron chi connectivity index (χ3n) is 13.8. The molecule has 9 aromatic rings. The van der Waals surface area contributed by atoms with E-state index >= 15 is 0 Å². The highest BCUT2D eigenvalue weighted by Crippen LogP contribution is 2.22. The molecule has 558 valence electrons. The molecular formula is C82H77N2O23S+. The van der Waals surface area contributed by atoms with Gasteiger partial charge in [0.25, 0.3) is 0 Å². The van der Waals surface area contributed by atoms with E-state index in [4.69, 9.17) is 55.8 Å². The quantitative estimate of drug-likeness (QED) is 0.00931. The van der Waals surface area contributed by atoms with Crippen molar-refractivity contribution in [3.63, 3.8) is 0 Å². The minimum absolute atomic E-state index is 0.0416. The van der Waals surface area contributed by atoms with Gasteiger partial charge < -0.3 is 60.5 Å². The van der Waals surface area contributed by atoms with Crippen LogP contribution in [0.4, 0.5) is 0 Å². The van der Waals surface area contributed by atoms with E-state index in [2.05, 4.69) is 54.3 Å². The molecule has 0 amide bonds. The molecule has 0 fully saturated rings. The molecule has 2 heterocycles. The fourth-order valence-corrected chi connectivity index (χ4v) is 8.80. The number of rotatable bonds is 23. The number of aryl methyl sites for hydroxylation is 1. The topological polar surface area (TPSA) is 425 Å². The van der Waals surface area contributed by atoms with Crippen molar-refractivity contribution in [2.45, 2.75) is 51.5 Å². The predicted octanol–water partition coefficient (Wildman–Crippen LogP) is 15.6. The fourth-order valence-electron chi connectivity index (χ4n) is 8.54. The first-order chi connectivity index (χ1) is 51.3. The van der Waals surface area contributed by atoms with Gasteiger partial charge in [0.15, 0.2) is 12.4 Å². The first-order valence-corrected chi connectivity index (χ1v) is 32.6. The van der Waals surface area contributed by atoms with E-state index in [0.29, 0.717) is 22.3 Å². The minimum Gasteiger partial charge on any atom is -0.496 e. The van der Waals surface area contributed by atoms with Gasteiger partial charge in [-0.1, -0.05) is 125 Å². The number of hydrogen-bond donors (Lipinski definition) is 11. The fraction of sp³-hybridized carbons (Fsp3) is 0.110. The number of aromatic carboxylic acids is 10. The Bertz CT molecular complexity index is 4490. The molecule has 0 atom stereocenters. The number of unbranched alkanes of at least 4 members (excludes halogenated alkanes) is 1. The van der Waals surface area contributed by atoms with Crippen LogP contribution in [-0.2, 0) is 16.1 Å². The van der Waals surface area contributed by atoms with Crippen LogP contribution in [-0.4, -0.2) is 136 Å². The van der Waals surface area contributed by atoms with Gasteiger partial charge in [0.05, 0.1) is 69.9 Å². The largest absolute Gasteiger partial charge is 0.496 e. The van der Waals surface area contributed by atoms with E-state index in [1.807, 2.05) is 85.2 Å². The lowest BCUT2D eigenvalue weighted by Crippen LogP contribution is -2.32. The maximum Gasteiger partial charge on any atom is 0.335 e. The highest BCUT2D eigenvalue weighted by molar-refractivity contribution is 7.80. The van der Waals surface area contributed by atoms with Crippen LogP contribution in [0.1, 0.15) is 188 Å². The number of ether oxygens (including phenoxy) is 2. The van der Waals surface area contributed by atoms with Gasteiger partial charge in [0.2, 0.25) is 0 Å². The third kappa shape index (κ3) is 32.5. The summed E-state index contributed by atoms with van der Waals surface area (Å²) in [6.45, 7) is 10.8. The Morgan fingerprint density at radius 1 is 0.380 bits per heavy atom. The Morgan fingerprint density at radius 3 is 0.935 bits per heavy atom. The summed E-state index contributed by atoms with van der Waals surface area (Å²) >= 11 is 4.15. The zero-order valence-corrected chi connectivity index (χ0v) is 59.7. The van der Waals surface area contributed by atoms with Crippen molar-refractivity contribution in [3.05, 3.63) is 307 Å². The van der Waals surface area contributed by atoms with Crippen molar-refractivity contribution in [2.24, 2.45) is 0 Å². The molecule has 0 saturated heterocycles. The third-order valence-corrected chi connectivity index (χ3v) is 14.1. The van der Waals surface area contributed by atoms with Gasteiger partial charge in [-0.05, 0) is 166 Å². The Balaban J connectivity index is 0.000000339. The first kappa shape index (κ1) is 88.1. The van der Waals surface area contributed by atoms with Crippen LogP contribution in [0.3, 0.4) is 0 Å². The predicted molar refractivity (Wildman–Crippen MR) is 408 cm³/mol. The summed E-state index contributed by atoms with van der Waals surface area (Å²) in [6, 6.07) is 44.0. The van der Waals surface area contributed by atoms with Crippen molar-refractivity contribution in [1.29, 1.82) is 0 Å². The van der Waals surface area contributed by atoms with Gasteiger partial charge in [0.1, 0.15) is 12.3 Å². The number of para-hydroxylation sites is 1. The van der Waals surface area contributed by atoms with Crippen LogP contribution < -0.4 is 9.30 Å². The maximum absolute atomic E-state index is 11.1. The molecule has 9 rings (SSSR count). The second kappa shape index (κ2) is 46.5. The number of benzene rings is 7. The number of aromatic nitrogens is 2. The van der Waals surface area contributed by atoms with Gasteiger partial charge >= 0.3 is 65.7 Å². The van der Waals surface area contributed by atoms with Crippen LogP contribution >= 0.6 is 12.6 Å². The van der Waals surface area contributed by atoms with Gasteiger partial charge in [-0.15, -0.1) is 12.6 Å². The average Bonchev–Trinajstić information content (AvgIpc) is 0.840. The molecule has 0 bridgehead atoms. The minimum atomic E-state index is -1.24. The van der Waals surface area contributed by atoms with Crippen LogP contribution in [0, 0.1) is 0 Å². The number of hydrogen-bond acceptors (Lipinski definition) is 15. The Kier molecular flexibility index (Phi) is 37.9. The SMILES string of the molecule is C=Cc1cc(C(=O)O)cc(C(=O)O)c1.CCC.CCCC[n+]1ccc(C=Cc2cc(C(=O)O)cc(C(=O)O)c2)cc1.COC(=O)C=Cc1cc(C(=O)O)cc(C(=O)O)c1.COc1ccccc1S.O=C(O)c1cc(C=Cc2ccccc2)cc(C(=O)O)c1.O=C(O)c1cc(C=Cc2ccncc2)cc(C(=O)O)c1. The average molecular weight is 1490 g/mol. The van der Waals surface area contributed by atoms with E-state index in [9.17, 15) is 52.7 Å². The molecule has 26 heteroatoms. The highest BCUT2D eigenvalue weighted by Gasteiger charge is 2.15. The van der Waals surface area contributed by atoms with Gasteiger partial charge in [-0.2, -0.15) is 0 Å². The molecule has 0 saturated carbocycles. The molecule has 7 aromatic carbocycles. The van der Waals surface area contributed by atoms with Gasteiger partial charge in [0, 0.05) is 41.9 Å². The molecule has 0 aliphatic carbocycles. The maximum atomic E-state index is 11.1. The van der Waals surface area contributed by atoms with Crippen molar-refractivity contribution in [3.8, 4) is 5.75 Å². The molecule has 108 heavy (non-hydrogen) atoms. The van der Waals surface area contributed by atoms with E-state index in [-0.39, 0.29) is 61.2 Å². The second-order valence-corrected chi connectivity index (χ2v) is 22.6. The van der Waals surface area contributed by atoms with Crippen LogP contribution in [0.25, 0.3) is 48.6 Å². The number of carboxylic acid groups (broad SMARTS) is 10. The number of methoxy groups -OCH3 is 2. The van der Waals surface area contributed by atoms with Crippen LogP contribution in [0.15, 0.2) is 212 Å². The van der Waals surface area contributed by atoms with Crippen molar-refractivity contribution in [2.75, 3.05) is 14.2 Å².